The molecule has 1 aromatic carbocycles. The number of sulfonamides is 1. The number of carboxylic acids is 1. The second kappa shape index (κ2) is 6.33. The number of aryl methyl sites for hydroxylation is 1. The van der Waals surface area contributed by atoms with Crippen LogP contribution >= 0.6 is 11.6 Å². The Balaban J connectivity index is 3.06. The van der Waals surface area contributed by atoms with Gasteiger partial charge in [-0.15, -0.1) is 0 Å². The first-order valence-electron chi connectivity index (χ1n) is 5.28. The van der Waals surface area contributed by atoms with Gasteiger partial charge in [-0.2, -0.15) is 4.72 Å². The van der Waals surface area contributed by atoms with Gasteiger partial charge in [-0.3, -0.25) is 4.79 Å². The number of carboxylic acid groups (broad SMARTS) is 1. The Bertz CT molecular complexity index is 572. The molecule has 19 heavy (non-hydrogen) atoms. The lowest BCUT2D eigenvalue weighted by Gasteiger charge is -2.14. The third kappa shape index (κ3) is 4.17. The number of hydrogen-bond acceptors (Lipinski definition) is 4. The molecule has 0 fully saturated rings. The van der Waals surface area contributed by atoms with Crippen molar-refractivity contribution in [3.8, 4) is 0 Å². The van der Waals surface area contributed by atoms with Gasteiger partial charge in [-0.05, 0) is 24.6 Å². The molecule has 1 atom stereocenters. The van der Waals surface area contributed by atoms with E-state index in [0.717, 1.165) is 5.56 Å². The molecule has 0 saturated heterocycles. The van der Waals surface area contributed by atoms with Crippen LogP contribution in [-0.2, 0) is 19.6 Å². The fourth-order valence-electron chi connectivity index (χ4n) is 1.40. The molecule has 2 N–H and O–H groups in total. The van der Waals surface area contributed by atoms with Crippen molar-refractivity contribution in [2.45, 2.75) is 17.9 Å². The van der Waals surface area contributed by atoms with Gasteiger partial charge in [0.25, 0.3) is 0 Å². The average Bonchev–Trinajstić information content (AvgIpc) is 2.27. The molecule has 8 heteroatoms. The van der Waals surface area contributed by atoms with E-state index in [0.29, 0.717) is 0 Å². The number of rotatable bonds is 6. The molecular formula is C11H14ClNO5S. The first-order chi connectivity index (χ1) is 8.77. The van der Waals surface area contributed by atoms with Crippen molar-refractivity contribution in [2.75, 3.05) is 13.7 Å². The highest BCUT2D eigenvalue weighted by Crippen LogP contribution is 2.22. The maximum atomic E-state index is 12.0. The zero-order valence-corrected chi connectivity index (χ0v) is 12.0. The first-order valence-corrected chi connectivity index (χ1v) is 7.14. The summed E-state index contributed by atoms with van der Waals surface area (Å²) in [4.78, 5) is 10.7. The molecule has 0 aliphatic rings. The number of aliphatic carboxylic acids is 1. The van der Waals surface area contributed by atoms with E-state index in [2.05, 4.69) is 4.74 Å². The molecular weight excluding hydrogens is 294 g/mol. The highest BCUT2D eigenvalue weighted by molar-refractivity contribution is 7.89. The summed E-state index contributed by atoms with van der Waals surface area (Å²) < 4.78 is 30.8. The molecule has 0 aromatic heterocycles. The molecule has 1 unspecified atom stereocenters. The summed E-state index contributed by atoms with van der Waals surface area (Å²) in [5.41, 5.74) is 0.802. The summed E-state index contributed by atoms with van der Waals surface area (Å²) in [7, 11) is -2.74. The molecule has 0 heterocycles. The van der Waals surface area contributed by atoms with Crippen LogP contribution in [0.15, 0.2) is 23.1 Å². The van der Waals surface area contributed by atoms with Crippen molar-refractivity contribution >= 4 is 27.6 Å². The van der Waals surface area contributed by atoms with E-state index in [9.17, 15) is 13.2 Å². The topological polar surface area (TPSA) is 92.7 Å². The standard InChI is InChI=1S/C11H14ClNO5S/c1-7-3-4-10(8(12)5-7)19(16,17)13-9(6-18-2)11(14)15/h3-5,9,13H,6H2,1-2H3,(H,14,15). The minimum atomic E-state index is -4.02. The molecule has 1 rings (SSSR count). The van der Waals surface area contributed by atoms with Crippen LogP contribution in [0.1, 0.15) is 5.56 Å². The largest absolute Gasteiger partial charge is 0.480 e. The lowest BCUT2D eigenvalue weighted by molar-refractivity contribution is -0.140. The summed E-state index contributed by atoms with van der Waals surface area (Å²) >= 11 is 5.86. The maximum Gasteiger partial charge on any atom is 0.324 e. The van der Waals surface area contributed by atoms with Crippen LogP contribution in [0.5, 0.6) is 0 Å². The Morgan fingerprint density at radius 3 is 2.63 bits per heavy atom. The van der Waals surface area contributed by atoms with Gasteiger partial charge in [-0.1, -0.05) is 17.7 Å². The van der Waals surface area contributed by atoms with Crippen LogP contribution in [0.3, 0.4) is 0 Å². The van der Waals surface area contributed by atoms with Gasteiger partial charge in [-0.25, -0.2) is 8.42 Å². The molecule has 106 valence electrons. The van der Waals surface area contributed by atoms with E-state index >= 15 is 0 Å². The van der Waals surface area contributed by atoms with Crippen molar-refractivity contribution in [1.82, 2.24) is 4.72 Å². The van der Waals surface area contributed by atoms with Gasteiger partial charge in [0.2, 0.25) is 10.0 Å². The number of carbonyl (C=O) groups is 1. The van der Waals surface area contributed by atoms with Crippen LogP contribution in [0, 0.1) is 6.92 Å². The monoisotopic (exact) mass is 307 g/mol. The van der Waals surface area contributed by atoms with Crippen LogP contribution < -0.4 is 4.72 Å². The fraction of sp³-hybridized carbons (Fsp3) is 0.364. The van der Waals surface area contributed by atoms with Gasteiger partial charge >= 0.3 is 5.97 Å². The Morgan fingerprint density at radius 2 is 2.16 bits per heavy atom. The van der Waals surface area contributed by atoms with Crippen molar-refractivity contribution in [3.05, 3.63) is 28.8 Å². The van der Waals surface area contributed by atoms with E-state index in [-0.39, 0.29) is 16.5 Å². The number of benzene rings is 1. The molecule has 6 nitrogen and oxygen atoms in total. The molecule has 0 saturated carbocycles. The Labute approximate surface area is 116 Å². The molecule has 0 radical (unpaired) electrons. The van der Waals surface area contributed by atoms with Gasteiger partial charge in [0.05, 0.1) is 11.6 Å². The van der Waals surface area contributed by atoms with Crippen molar-refractivity contribution < 1.29 is 23.1 Å². The van der Waals surface area contributed by atoms with E-state index in [1.54, 1.807) is 13.0 Å². The third-order valence-electron chi connectivity index (χ3n) is 2.31. The summed E-state index contributed by atoms with van der Waals surface area (Å²) in [5, 5.41) is 8.92. The van der Waals surface area contributed by atoms with Crippen LogP contribution in [0.25, 0.3) is 0 Å². The molecule has 0 aliphatic carbocycles. The second-order valence-corrected chi connectivity index (χ2v) is 5.99. The summed E-state index contributed by atoms with van der Waals surface area (Å²) in [6.45, 7) is 1.48. The van der Waals surface area contributed by atoms with Gasteiger partial charge in [0.1, 0.15) is 10.9 Å². The van der Waals surface area contributed by atoms with E-state index < -0.39 is 22.0 Å². The number of methoxy groups -OCH3 is 1. The van der Waals surface area contributed by atoms with Crippen LogP contribution in [0.4, 0.5) is 0 Å². The SMILES string of the molecule is COCC(NS(=O)(=O)c1ccc(C)cc1Cl)C(=O)O. The second-order valence-electron chi connectivity index (χ2n) is 3.90. The van der Waals surface area contributed by atoms with Crippen LogP contribution in [0.2, 0.25) is 5.02 Å². The number of hydrogen-bond donors (Lipinski definition) is 2. The number of halogens is 1. The highest BCUT2D eigenvalue weighted by atomic mass is 35.5. The molecule has 0 bridgehead atoms. The highest BCUT2D eigenvalue weighted by Gasteiger charge is 2.26. The third-order valence-corrected chi connectivity index (χ3v) is 4.26. The Hall–Kier alpha value is -1.15. The lowest BCUT2D eigenvalue weighted by Crippen LogP contribution is -2.43. The summed E-state index contributed by atoms with van der Waals surface area (Å²) in [6, 6.07) is 3.02. The zero-order chi connectivity index (χ0) is 14.6. The first kappa shape index (κ1) is 15.9. The quantitative estimate of drug-likeness (QED) is 0.818. The van der Waals surface area contributed by atoms with E-state index in [1.165, 1.54) is 19.2 Å². The van der Waals surface area contributed by atoms with Gasteiger partial charge in [0, 0.05) is 7.11 Å². The fourth-order valence-corrected chi connectivity index (χ4v) is 3.17. The average molecular weight is 308 g/mol. The predicted octanol–water partition coefficient (Wildman–Crippen LogP) is 1.03. The smallest absolute Gasteiger partial charge is 0.324 e. The molecule has 0 amide bonds. The normalized spacial score (nSPS) is 13.2. The molecule has 0 spiro atoms. The maximum absolute atomic E-state index is 12.0. The van der Waals surface area contributed by atoms with Crippen LogP contribution in [-0.4, -0.2) is 39.3 Å². The number of nitrogens with one attached hydrogen (secondary N) is 1. The molecule has 0 aliphatic heterocycles. The minimum absolute atomic E-state index is 0.0362. The van der Waals surface area contributed by atoms with Gasteiger partial charge in [0.15, 0.2) is 0 Å². The van der Waals surface area contributed by atoms with Crippen molar-refractivity contribution in [3.63, 3.8) is 0 Å². The van der Waals surface area contributed by atoms with Crippen molar-refractivity contribution in [2.24, 2.45) is 0 Å². The molecule has 1 aromatic rings. The Kier molecular flexibility index (Phi) is 5.30. The summed E-state index contributed by atoms with van der Waals surface area (Å²) in [6.07, 6.45) is 0. The lowest BCUT2D eigenvalue weighted by atomic mass is 10.2. The van der Waals surface area contributed by atoms with Gasteiger partial charge < -0.3 is 9.84 Å². The van der Waals surface area contributed by atoms with E-state index in [1.807, 2.05) is 4.72 Å². The predicted molar refractivity (Wildman–Crippen MR) is 69.8 cm³/mol. The minimum Gasteiger partial charge on any atom is -0.480 e. The Morgan fingerprint density at radius 1 is 1.53 bits per heavy atom. The number of ether oxygens (including phenoxy) is 1. The van der Waals surface area contributed by atoms with Crippen molar-refractivity contribution in [1.29, 1.82) is 0 Å². The zero-order valence-electron chi connectivity index (χ0n) is 10.4. The summed E-state index contributed by atoms with van der Waals surface area (Å²) in [5.74, 6) is -1.33. The van der Waals surface area contributed by atoms with E-state index in [4.69, 9.17) is 16.7 Å².